The highest BCUT2D eigenvalue weighted by atomic mass is 35.5. The van der Waals surface area contributed by atoms with E-state index in [-0.39, 0.29) is 31.4 Å². The number of amides is 1. The second-order valence-corrected chi connectivity index (χ2v) is 4.16. The minimum absolute atomic E-state index is 0.157. The molecular formula is C12H22ClNO4. The topological polar surface area (TPSA) is 64.6 Å². The Morgan fingerprint density at radius 3 is 2.56 bits per heavy atom. The maximum atomic E-state index is 11.2. The molecule has 0 aromatic rings. The first kappa shape index (κ1) is 17.0. The minimum atomic E-state index is -0.564. The Hall–Kier alpha value is -0.970. The van der Waals surface area contributed by atoms with Crippen molar-refractivity contribution < 1.29 is 19.1 Å². The second-order valence-electron chi connectivity index (χ2n) is 3.78. The Labute approximate surface area is 113 Å². The van der Waals surface area contributed by atoms with Crippen molar-refractivity contribution in [1.29, 1.82) is 0 Å². The number of alkyl halides is 1. The molecule has 0 unspecified atom stereocenters. The summed E-state index contributed by atoms with van der Waals surface area (Å²) in [6, 6.07) is 0. The van der Waals surface area contributed by atoms with Crippen LogP contribution in [0.4, 0.5) is 4.79 Å². The van der Waals surface area contributed by atoms with Gasteiger partial charge < -0.3 is 14.8 Å². The lowest BCUT2D eigenvalue weighted by Crippen LogP contribution is -2.27. The second kappa shape index (κ2) is 12.5. The van der Waals surface area contributed by atoms with Gasteiger partial charge in [0.25, 0.3) is 0 Å². The maximum Gasteiger partial charge on any atom is 0.407 e. The molecule has 0 saturated carbocycles. The van der Waals surface area contributed by atoms with Gasteiger partial charge in [0.1, 0.15) is 6.61 Å². The van der Waals surface area contributed by atoms with E-state index < -0.39 is 6.09 Å². The van der Waals surface area contributed by atoms with Crippen LogP contribution in [0.25, 0.3) is 0 Å². The van der Waals surface area contributed by atoms with E-state index in [0.717, 1.165) is 25.7 Å². The number of carbonyl (C=O) groups excluding carboxylic acids is 2. The number of rotatable bonds is 10. The van der Waals surface area contributed by atoms with E-state index in [0.29, 0.717) is 6.61 Å². The number of halogens is 1. The van der Waals surface area contributed by atoms with Crippen LogP contribution in [-0.2, 0) is 14.3 Å². The van der Waals surface area contributed by atoms with Crippen molar-refractivity contribution in [3.63, 3.8) is 0 Å². The summed E-state index contributed by atoms with van der Waals surface area (Å²) in [6.07, 6.45) is 3.88. The highest BCUT2D eigenvalue weighted by Gasteiger charge is 2.05. The van der Waals surface area contributed by atoms with Gasteiger partial charge in [-0.15, -0.1) is 11.6 Å². The van der Waals surface area contributed by atoms with Crippen LogP contribution in [0.5, 0.6) is 0 Å². The molecule has 0 heterocycles. The number of nitrogens with one attached hydrogen (secondary N) is 1. The quantitative estimate of drug-likeness (QED) is 0.379. The molecule has 0 radical (unpaired) electrons. The van der Waals surface area contributed by atoms with Crippen LogP contribution in [0.3, 0.4) is 0 Å². The molecule has 0 aromatic carbocycles. The molecular weight excluding hydrogens is 258 g/mol. The van der Waals surface area contributed by atoms with E-state index in [2.05, 4.69) is 17.0 Å². The SMILES string of the molecule is CCCCCCOC(=O)CCNC(=O)OCCCl. The fourth-order valence-corrected chi connectivity index (χ4v) is 1.31. The Kier molecular flexibility index (Phi) is 11.8. The van der Waals surface area contributed by atoms with Crippen molar-refractivity contribution in [3.8, 4) is 0 Å². The molecule has 18 heavy (non-hydrogen) atoms. The first-order chi connectivity index (χ1) is 8.70. The van der Waals surface area contributed by atoms with Crippen LogP contribution in [0, 0.1) is 0 Å². The predicted octanol–water partition coefficient (Wildman–Crippen LogP) is 2.47. The summed E-state index contributed by atoms with van der Waals surface area (Å²) in [5, 5.41) is 2.44. The summed E-state index contributed by atoms with van der Waals surface area (Å²) < 4.78 is 9.66. The van der Waals surface area contributed by atoms with Crippen molar-refractivity contribution in [2.75, 3.05) is 25.6 Å². The van der Waals surface area contributed by atoms with Crippen LogP contribution < -0.4 is 5.32 Å². The van der Waals surface area contributed by atoms with Gasteiger partial charge >= 0.3 is 12.1 Å². The average Bonchev–Trinajstić information content (AvgIpc) is 2.36. The molecule has 0 atom stereocenters. The molecule has 1 N–H and O–H groups in total. The third-order valence-corrected chi connectivity index (χ3v) is 2.32. The van der Waals surface area contributed by atoms with Crippen LogP contribution in [-0.4, -0.2) is 37.7 Å². The fourth-order valence-electron chi connectivity index (χ4n) is 1.24. The van der Waals surface area contributed by atoms with E-state index in [1.165, 1.54) is 0 Å². The van der Waals surface area contributed by atoms with Gasteiger partial charge in [0.15, 0.2) is 0 Å². The monoisotopic (exact) mass is 279 g/mol. The first-order valence-electron chi connectivity index (χ1n) is 6.33. The smallest absolute Gasteiger partial charge is 0.407 e. The van der Waals surface area contributed by atoms with Crippen molar-refractivity contribution in [3.05, 3.63) is 0 Å². The molecule has 5 nitrogen and oxygen atoms in total. The van der Waals surface area contributed by atoms with Crippen LogP contribution >= 0.6 is 11.6 Å². The molecule has 0 aromatic heterocycles. The van der Waals surface area contributed by atoms with Crippen LogP contribution in [0.15, 0.2) is 0 Å². The Morgan fingerprint density at radius 1 is 1.11 bits per heavy atom. The summed E-state index contributed by atoms with van der Waals surface area (Å²) in [5.41, 5.74) is 0. The molecule has 0 spiro atoms. The van der Waals surface area contributed by atoms with Gasteiger partial charge in [0.2, 0.25) is 0 Å². The maximum absolute atomic E-state index is 11.2. The third-order valence-electron chi connectivity index (χ3n) is 2.17. The lowest BCUT2D eigenvalue weighted by Gasteiger charge is -2.06. The van der Waals surface area contributed by atoms with Crippen LogP contribution in [0.2, 0.25) is 0 Å². The molecule has 0 saturated heterocycles. The fraction of sp³-hybridized carbons (Fsp3) is 0.833. The summed E-state index contributed by atoms with van der Waals surface area (Å²) in [4.78, 5) is 22.2. The number of alkyl carbamates (subject to hydrolysis) is 1. The van der Waals surface area contributed by atoms with Gasteiger partial charge in [0.05, 0.1) is 18.9 Å². The largest absolute Gasteiger partial charge is 0.466 e. The van der Waals surface area contributed by atoms with Gasteiger partial charge in [-0.25, -0.2) is 4.79 Å². The molecule has 0 bridgehead atoms. The molecule has 0 aliphatic rings. The van der Waals surface area contributed by atoms with Gasteiger partial charge in [-0.3, -0.25) is 4.79 Å². The molecule has 6 heteroatoms. The van der Waals surface area contributed by atoms with Crippen molar-refractivity contribution in [2.45, 2.75) is 39.0 Å². The highest BCUT2D eigenvalue weighted by molar-refractivity contribution is 6.18. The number of ether oxygens (including phenoxy) is 2. The highest BCUT2D eigenvalue weighted by Crippen LogP contribution is 1.99. The summed E-state index contributed by atoms with van der Waals surface area (Å²) in [7, 11) is 0. The van der Waals surface area contributed by atoms with Gasteiger partial charge in [-0.05, 0) is 6.42 Å². The zero-order valence-electron chi connectivity index (χ0n) is 10.9. The number of hydrogen-bond acceptors (Lipinski definition) is 4. The lowest BCUT2D eigenvalue weighted by atomic mass is 10.2. The first-order valence-corrected chi connectivity index (χ1v) is 6.86. The summed E-state index contributed by atoms with van der Waals surface area (Å²) >= 11 is 5.34. The van der Waals surface area contributed by atoms with Gasteiger partial charge in [-0.1, -0.05) is 26.2 Å². The average molecular weight is 280 g/mol. The predicted molar refractivity (Wildman–Crippen MR) is 69.8 cm³/mol. The summed E-state index contributed by atoms with van der Waals surface area (Å²) in [5.74, 6) is -0.0446. The molecule has 0 fully saturated rings. The van der Waals surface area contributed by atoms with E-state index in [4.69, 9.17) is 16.3 Å². The number of esters is 1. The third kappa shape index (κ3) is 11.5. The van der Waals surface area contributed by atoms with Crippen molar-refractivity contribution in [1.82, 2.24) is 5.32 Å². The van der Waals surface area contributed by atoms with Crippen molar-refractivity contribution >= 4 is 23.7 Å². The van der Waals surface area contributed by atoms with Crippen molar-refractivity contribution in [2.24, 2.45) is 0 Å². The Balaban J connectivity index is 3.33. The van der Waals surface area contributed by atoms with E-state index in [1.54, 1.807) is 0 Å². The Bertz CT molecular complexity index is 236. The molecule has 0 aliphatic carbocycles. The van der Waals surface area contributed by atoms with Crippen LogP contribution in [0.1, 0.15) is 39.0 Å². The van der Waals surface area contributed by atoms with E-state index in [9.17, 15) is 9.59 Å². The number of carbonyl (C=O) groups is 2. The number of unbranched alkanes of at least 4 members (excludes halogenated alkanes) is 3. The standard InChI is InChI=1S/C12H22ClNO4/c1-2-3-4-5-9-17-11(15)6-8-14-12(16)18-10-7-13/h2-10H2,1H3,(H,14,16). The summed E-state index contributed by atoms with van der Waals surface area (Å²) in [6.45, 7) is 2.96. The minimum Gasteiger partial charge on any atom is -0.466 e. The molecule has 1 amide bonds. The molecule has 0 aliphatic heterocycles. The van der Waals surface area contributed by atoms with E-state index >= 15 is 0 Å². The Morgan fingerprint density at radius 2 is 1.89 bits per heavy atom. The normalized spacial score (nSPS) is 9.89. The lowest BCUT2D eigenvalue weighted by molar-refractivity contribution is -0.143. The van der Waals surface area contributed by atoms with Gasteiger partial charge in [-0.2, -0.15) is 0 Å². The van der Waals surface area contributed by atoms with Gasteiger partial charge in [0, 0.05) is 6.54 Å². The molecule has 106 valence electrons. The zero-order chi connectivity index (χ0) is 13.6. The van der Waals surface area contributed by atoms with E-state index in [1.807, 2.05) is 0 Å². The molecule has 0 rings (SSSR count). The zero-order valence-corrected chi connectivity index (χ0v) is 11.6. The number of hydrogen-bond donors (Lipinski definition) is 1.